The van der Waals surface area contributed by atoms with Crippen LogP contribution < -0.4 is 9.74 Å². The summed E-state index contributed by atoms with van der Waals surface area (Å²) in [5, 5.41) is 4.03. The number of hydrogen-bond donors (Lipinski definition) is 1. The van der Waals surface area contributed by atoms with Crippen molar-refractivity contribution < 1.29 is 18.8 Å². The zero-order valence-corrected chi connectivity index (χ0v) is 30.4. The van der Waals surface area contributed by atoms with E-state index < -0.39 is 20.7 Å². The van der Waals surface area contributed by atoms with Gasteiger partial charge in [-0.3, -0.25) is 9.69 Å². The van der Waals surface area contributed by atoms with Gasteiger partial charge in [-0.2, -0.15) is 0 Å². The van der Waals surface area contributed by atoms with Gasteiger partial charge in [0.05, 0.1) is 16.8 Å². The van der Waals surface area contributed by atoms with E-state index in [-0.39, 0.29) is 11.3 Å². The summed E-state index contributed by atoms with van der Waals surface area (Å²) >= 11 is 0. The number of amides is 1. The average molecular weight is 652 g/mol. The fourth-order valence-corrected chi connectivity index (χ4v) is 7.52. The molecule has 3 aromatic carbocycles. The largest absolute Gasteiger partial charge is 0.547 e. The lowest BCUT2D eigenvalue weighted by molar-refractivity contribution is 0.0547. The highest BCUT2D eigenvalue weighted by Gasteiger charge is 2.31. The molecule has 0 saturated carbocycles. The zero-order chi connectivity index (χ0) is 33.7. The highest BCUT2D eigenvalue weighted by atomic mass is 28.3. The predicted octanol–water partition coefficient (Wildman–Crippen LogP) is 8.65. The highest BCUT2D eigenvalue weighted by Crippen LogP contribution is 2.42. The Morgan fingerprint density at radius 1 is 0.872 bits per heavy atom. The van der Waals surface area contributed by atoms with Gasteiger partial charge in [0, 0.05) is 29.6 Å². The Kier molecular flexibility index (Phi) is 8.87. The van der Waals surface area contributed by atoms with Gasteiger partial charge in [0.15, 0.2) is 0 Å². The molecule has 6 rings (SSSR count). The quantitative estimate of drug-likeness (QED) is 0.211. The second-order valence-corrected chi connectivity index (χ2v) is 17.7. The van der Waals surface area contributed by atoms with Crippen LogP contribution in [-0.2, 0) is 23.2 Å². The van der Waals surface area contributed by atoms with E-state index in [0.29, 0.717) is 23.4 Å². The topological polar surface area (TPSA) is 72.8 Å². The number of fused-ring (bicyclic) bond motifs is 2. The summed E-state index contributed by atoms with van der Waals surface area (Å²) in [6, 6.07) is 18.9. The van der Waals surface area contributed by atoms with Crippen LogP contribution in [0, 0.1) is 0 Å². The first-order valence-electron chi connectivity index (χ1n) is 17.1. The van der Waals surface area contributed by atoms with Crippen LogP contribution in [0.2, 0.25) is 13.1 Å². The summed E-state index contributed by atoms with van der Waals surface area (Å²) < 4.78 is 14.1. The molecule has 1 aromatic heterocycles. The Morgan fingerprint density at radius 3 is 2.26 bits per heavy atom. The molecule has 1 saturated heterocycles. The number of rotatable bonds is 6. The van der Waals surface area contributed by atoms with Crippen LogP contribution in [0.1, 0.15) is 87.9 Å². The van der Waals surface area contributed by atoms with Gasteiger partial charge < -0.3 is 14.5 Å². The highest BCUT2D eigenvalue weighted by molar-refractivity contribution is 6.49. The smallest absolute Gasteiger partial charge is 0.419 e. The molecule has 47 heavy (non-hydrogen) atoms. The molecule has 1 N–H and O–H groups in total. The monoisotopic (exact) mass is 651 g/mol. The number of carbonyl (C=O) groups excluding carboxylic acids is 2. The third-order valence-electron chi connectivity index (χ3n) is 9.04. The van der Waals surface area contributed by atoms with E-state index in [1.54, 1.807) is 4.57 Å². The van der Waals surface area contributed by atoms with E-state index in [0.717, 1.165) is 53.0 Å². The van der Waals surface area contributed by atoms with Crippen molar-refractivity contribution in [2.24, 2.45) is 0 Å². The van der Waals surface area contributed by atoms with E-state index in [4.69, 9.17) is 9.16 Å². The van der Waals surface area contributed by atoms with Gasteiger partial charge in [-0.05, 0) is 112 Å². The van der Waals surface area contributed by atoms with Gasteiger partial charge in [-0.15, -0.1) is 0 Å². The second-order valence-electron chi connectivity index (χ2n) is 15.4. The van der Waals surface area contributed by atoms with Gasteiger partial charge in [0.25, 0.3) is 5.91 Å². The first kappa shape index (κ1) is 33.0. The normalized spacial score (nSPS) is 15.6. The summed E-state index contributed by atoms with van der Waals surface area (Å²) in [5.41, 5.74) is 7.30. The molecule has 0 unspecified atom stereocenters. The molecule has 1 fully saturated rings. The van der Waals surface area contributed by atoms with Crippen LogP contribution in [-0.4, -0.2) is 49.2 Å². The lowest BCUT2D eigenvalue weighted by Gasteiger charge is -2.26. The molecule has 0 atom stereocenters. The fourth-order valence-electron chi connectivity index (χ4n) is 6.82. The zero-order valence-electron chi connectivity index (χ0n) is 29.3. The van der Waals surface area contributed by atoms with Crippen molar-refractivity contribution >= 4 is 31.9 Å². The van der Waals surface area contributed by atoms with Crippen molar-refractivity contribution in [1.82, 2.24) is 14.8 Å². The molecular formula is C39H49N3O4Si. The van der Waals surface area contributed by atoms with E-state index in [2.05, 4.69) is 80.5 Å². The molecule has 0 spiro atoms. The van der Waals surface area contributed by atoms with Crippen molar-refractivity contribution in [1.29, 1.82) is 0 Å². The molecule has 0 bridgehead atoms. The number of benzene rings is 3. The number of ether oxygens (including phenoxy) is 1. The third kappa shape index (κ3) is 6.90. The van der Waals surface area contributed by atoms with Crippen molar-refractivity contribution in [2.75, 3.05) is 13.1 Å². The third-order valence-corrected chi connectivity index (χ3v) is 9.76. The van der Waals surface area contributed by atoms with Crippen molar-refractivity contribution in [3.63, 3.8) is 0 Å². The van der Waals surface area contributed by atoms with Gasteiger partial charge >= 0.3 is 6.09 Å². The number of carbonyl (C=O) groups is 2. The molecule has 1 amide bonds. The molecule has 4 aromatic rings. The Bertz CT molecular complexity index is 1840. The first-order valence-corrected chi connectivity index (χ1v) is 19.8. The molecule has 8 heteroatoms. The van der Waals surface area contributed by atoms with Gasteiger partial charge in [0.2, 0.25) is 9.04 Å². The minimum atomic E-state index is -1.43. The maximum absolute atomic E-state index is 13.9. The van der Waals surface area contributed by atoms with Crippen molar-refractivity contribution in [3.8, 4) is 28.1 Å². The Balaban J connectivity index is 1.51. The number of nitrogens with one attached hydrogen (secondary N) is 1. The standard InChI is InChI=1S/C39H49N3O4Si/c1-38(2,3)27-13-14-29(34(22-27)46-47(7)8)28-15-16-30(35-31(28)23-40-36(35)43)33-21-26-20-25(24-41-18-10-9-11-19-41)12-17-32(26)42(33)37(44)45-39(4,5)6/h12-17,20-22,47H,9-11,18-19,23-24H2,1-8H3,(H,40,43). The maximum Gasteiger partial charge on any atom is 0.419 e. The average Bonchev–Trinajstić information content (AvgIpc) is 3.56. The van der Waals surface area contributed by atoms with E-state index in [9.17, 15) is 9.59 Å². The van der Waals surface area contributed by atoms with Crippen molar-refractivity contribution in [2.45, 2.75) is 98.0 Å². The van der Waals surface area contributed by atoms with Crippen LogP contribution in [0.15, 0.2) is 54.6 Å². The van der Waals surface area contributed by atoms with Gasteiger partial charge in [-0.1, -0.05) is 57.5 Å². The van der Waals surface area contributed by atoms with Crippen LogP contribution in [0.5, 0.6) is 5.75 Å². The van der Waals surface area contributed by atoms with E-state index in [1.165, 1.54) is 30.4 Å². The molecule has 3 heterocycles. The molecule has 2 aliphatic heterocycles. The van der Waals surface area contributed by atoms with Gasteiger partial charge in [-0.25, -0.2) is 9.36 Å². The summed E-state index contributed by atoms with van der Waals surface area (Å²) in [4.78, 5) is 30.0. The van der Waals surface area contributed by atoms with E-state index >= 15 is 0 Å². The fraction of sp³-hybridized carbons (Fsp3) is 0.436. The minimum absolute atomic E-state index is 0.0266. The summed E-state index contributed by atoms with van der Waals surface area (Å²) in [7, 11) is -1.43. The Labute approximate surface area is 281 Å². The van der Waals surface area contributed by atoms with Crippen LogP contribution in [0.25, 0.3) is 33.3 Å². The SMILES string of the molecule is C[SiH](C)Oc1cc(C(C)(C)C)ccc1-c1ccc(-c2cc3cc(CN4CCCCC4)ccc3n2C(=O)OC(C)(C)C)c2c1CNC2=O. The van der Waals surface area contributed by atoms with Crippen LogP contribution in [0.3, 0.4) is 0 Å². The molecule has 248 valence electrons. The van der Waals surface area contributed by atoms with Gasteiger partial charge in [0.1, 0.15) is 11.4 Å². The molecule has 2 aliphatic rings. The predicted molar refractivity (Wildman–Crippen MR) is 193 cm³/mol. The molecule has 7 nitrogen and oxygen atoms in total. The lowest BCUT2D eigenvalue weighted by Crippen LogP contribution is -2.29. The number of nitrogens with zero attached hydrogens (tertiary/aromatic N) is 2. The summed E-state index contributed by atoms with van der Waals surface area (Å²) in [5.74, 6) is 0.716. The number of piperidine rings is 1. The number of aromatic nitrogens is 1. The van der Waals surface area contributed by atoms with Crippen LogP contribution >= 0.6 is 0 Å². The van der Waals surface area contributed by atoms with Crippen LogP contribution in [0.4, 0.5) is 4.79 Å². The summed E-state index contributed by atoms with van der Waals surface area (Å²) in [6.45, 7) is 20.1. The van der Waals surface area contributed by atoms with E-state index in [1.807, 2.05) is 39.0 Å². The molecular weight excluding hydrogens is 603 g/mol. The Morgan fingerprint density at radius 2 is 1.57 bits per heavy atom. The first-order chi connectivity index (χ1) is 22.2. The molecule has 0 radical (unpaired) electrons. The summed E-state index contributed by atoms with van der Waals surface area (Å²) in [6.07, 6.45) is 3.30. The lowest BCUT2D eigenvalue weighted by atomic mass is 9.85. The number of likely N-dealkylation sites (tertiary alicyclic amines) is 1. The molecule has 0 aliphatic carbocycles. The minimum Gasteiger partial charge on any atom is -0.547 e. The number of hydrogen-bond acceptors (Lipinski definition) is 5. The Hall–Kier alpha value is -3.88. The second kappa shape index (κ2) is 12.6. The van der Waals surface area contributed by atoms with Crippen molar-refractivity contribution in [3.05, 3.63) is 76.9 Å². The maximum atomic E-state index is 13.9.